The number of ether oxygens (including phenoxy) is 1. The number of carboxylic acids is 1. The van der Waals surface area contributed by atoms with Crippen molar-refractivity contribution in [3.8, 4) is 5.75 Å². The van der Waals surface area contributed by atoms with E-state index in [4.69, 9.17) is 21.4 Å². The summed E-state index contributed by atoms with van der Waals surface area (Å²) in [6.45, 7) is 4.41. The van der Waals surface area contributed by atoms with E-state index in [1.54, 1.807) is 12.1 Å². The highest BCUT2D eigenvalue weighted by molar-refractivity contribution is 6.34. The summed E-state index contributed by atoms with van der Waals surface area (Å²) in [5.74, 6) is -0.706. The van der Waals surface area contributed by atoms with Crippen LogP contribution in [0.25, 0.3) is 0 Å². The number of benzene rings is 1. The Labute approximate surface area is 100.0 Å². The molecule has 1 N–H and O–H groups in total. The van der Waals surface area contributed by atoms with Crippen LogP contribution >= 0.6 is 11.6 Å². The summed E-state index contributed by atoms with van der Waals surface area (Å²) < 4.78 is 5.44. The van der Waals surface area contributed by atoms with Crippen molar-refractivity contribution in [3.05, 3.63) is 28.3 Å². The summed E-state index contributed by atoms with van der Waals surface area (Å²) in [5.41, 5.74) is 0.935. The summed E-state index contributed by atoms with van der Waals surface area (Å²) in [6, 6.07) is 3.32. The summed E-state index contributed by atoms with van der Waals surface area (Å²) in [5, 5.41) is 9.25. The number of unbranched alkanes of at least 4 members (excludes halogenated alkanes) is 1. The lowest BCUT2D eigenvalue weighted by Gasteiger charge is -2.11. The predicted molar refractivity (Wildman–Crippen MR) is 63.6 cm³/mol. The third-order valence-corrected chi connectivity index (χ3v) is 2.47. The molecule has 1 aromatic carbocycles. The van der Waals surface area contributed by atoms with Gasteiger partial charge >= 0.3 is 5.97 Å². The van der Waals surface area contributed by atoms with E-state index in [0.29, 0.717) is 12.4 Å². The van der Waals surface area contributed by atoms with Gasteiger partial charge in [-0.15, -0.1) is 0 Å². The zero-order valence-corrected chi connectivity index (χ0v) is 10.2. The van der Waals surface area contributed by atoms with E-state index < -0.39 is 5.97 Å². The van der Waals surface area contributed by atoms with Crippen LogP contribution in [0.5, 0.6) is 5.75 Å². The maximum Gasteiger partial charge on any atom is 0.341 e. The number of carboxylic acid groups (broad SMARTS) is 1. The molecule has 0 aromatic heterocycles. The quantitative estimate of drug-likeness (QED) is 0.804. The van der Waals surface area contributed by atoms with Crippen LogP contribution in [0, 0.1) is 6.92 Å². The molecule has 0 radical (unpaired) electrons. The maximum atomic E-state index is 11.0. The first kappa shape index (κ1) is 12.8. The second kappa shape index (κ2) is 5.75. The lowest BCUT2D eigenvalue weighted by Crippen LogP contribution is -2.05. The summed E-state index contributed by atoms with van der Waals surface area (Å²) in [6.07, 6.45) is 1.90. The van der Waals surface area contributed by atoms with Gasteiger partial charge in [-0.1, -0.05) is 24.9 Å². The van der Waals surface area contributed by atoms with Gasteiger partial charge in [0.1, 0.15) is 11.3 Å². The molecule has 0 fully saturated rings. The molecule has 0 heterocycles. The zero-order chi connectivity index (χ0) is 12.1. The summed E-state index contributed by atoms with van der Waals surface area (Å²) >= 11 is 5.88. The monoisotopic (exact) mass is 242 g/mol. The highest BCUT2D eigenvalue weighted by Crippen LogP contribution is 2.28. The first-order chi connectivity index (χ1) is 7.56. The number of carbonyl (C=O) groups is 1. The lowest BCUT2D eigenvalue weighted by molar-refractivity contribution is 0.0692. The van der Waals surface area contributed by atoms with E-state index in [1.807, 2.05) is 13.8 Å². The van der Waals surface area contributed by atoms with Crippen molar-refractivity contribution in [3.63, 3.8) is 0 Å². The highest BCUT2D eigenvalue weighted by atomic mass is 35.5. The number of rotatable bonds is 5. The molecule has 0 unspecified atom stereocenters. The van der Waals surface area contributed by atoms with Crippen LogP contribution in [-0.4, -0.2) is 17.7 Å². The van der Waals surface area contributed by atoms with Crippen LogP contribution in [0.4, 0.5) is 0 Å². The molecule has 1 rings (SSSR count). The molecule has 88 valence electrons. The van der Waals surface area contributed by atoms with E-state index in [-0.39, 0.29) is 10.6 Å². The predicted octanol–water partition coefficient (Wildman–Crippen LogP) is 3.53. The van der Waals surface area contributed by atoms with E-state index in [0.717, 1.165) is 18.4 Å². The number of hydrogen-bond donors (Lipinski definition) is 1. The van der Waals surface area contributed by atoms with Crippen LogP contribution in [0.1, 0.15) is 35.7 Å². The minimum absolute atomic E-state index is 0.0448. The molecule has 0 amide bonds. The maximum absolute atomic E-state index is 11.0. The number of aromatic carboxylic acids is 1. The van der Waals surface area contributed by atoms with Crippen LogP contribution in [0.2, 0.25) is 5.02 Å². The molecule has 0 aliphatic heterocycles. The molecule has 0 saturated heterocycles. The van der Waals surface area contributed by atoms with Crippen molar-refractivity contribution in [1.29, 1.82) is 0 Å². The Morgan fingerprint density at radius 2 is 2.19 bits per heavy atom. The Hall–Kier alpha value is -1.22. The van der Waals surface area contributed by atoms with E-state index >= 15 is 0 Å². The summed E-state index contributed by atoms with van der Waals surface area (Å²) in [4.78, 5) is 11.0. The van der Waals surface area contributed by atoms with Gasteiger partial charge in [0, 0.05) is 0 Å². The van der Waals surface area contributed by atoms with Crippen molar-refractivity contribution in [2.75, 3.05) is 6.61 Å². The van der Waals surface area contributed by atoms with Gasteiger partial charge in [0.15, 0.2) is 0 Å². The molecule has 1 aromatic rings. The second-order valence-electron chi connectivity index (χ2n) is 3.63. The van der Waals surface area contributed by atoms with Crippen LogP contribution in [0.15, 0.2) is 12.1 Å². The molecule has 3 nitrogen and oxygen atoms in total. The zero-order valence-electron chi connectivity index (χ0n) is 9.42. The fourth-order valence-corrected chi connectivity index (χ4v) is 1.70. The molecule has 0 spiro atoms. The Morgan fingerprint density at radius 3 is 2.75 bits per heavy atom. The Bertz CT molecular complexity index is 388. The average molecular weight is 243 g/mol. The van der Waals surface area contributed by atoms with Crippen LogP contribution in [0.3, 0.4) is 0 Å². The van der Waals surface area contributed by atoms with Gasteiger partial charge < -0.3 is 9.84 Å². The van der Waals surface area contributed by atoms with Crippen LogP contribution < -0.4 is 4.74 Å². The molecule has 16 heavy (non-hydrogen) atoms. The smallest absolute Gasteiger partial charge is 0.341 e. The second-order valence-corrected chi connectivity index (χ2v) is 4.03. The van der Waals surface area contributed by atoms with E-state index in [9.17, 15) is 4.79 Å². The van der Waals surface area contributed by atoms with Gasteiger partial charge in [0.25, 0.3) is 0 Å². The molecular weight excluding hydrogens is 228 g/mol. The van der Waals surface area contributed by atoms with Gasteiger partial charge in [-0.3, -0.25) is 0 Å². The number of aryl methyl sites for hydroxylation is 1. The Kier molecular flexibility index (Phi) is 4.62. The molecule has 0 aliphatic rings. The van der Waals surface area contributed by atoms with Gasteiger partial charge in [-0.25, -0.2) is 4.79 Å². The normalized spacial score (nSPS) is 10.2. The SMILES string of the molecule is CCCCOc1cc(C)cc(Cl)c1C(=O)O. The fourth-order valence-electron chi connectivity index (χ4n) is 1.36. The van der Waals surface area contributed by atoms with Gasteiger partial charge in [-0.2, -0.15) is 0 Å². The molecular formula is C12H15ClO3. The summed E-state index contributed by atoms with van der Waals surface area (Å²) in [7, 11) is 0. The third-order valence-electron chi connectivity index (χ3n) is 2.17. The molecule has 4 heteroatoms. The highest BCUT2D eigenvalue weighted by Gasteiger charge is 2.16. The Balaban J connectivity index is 2.99. The lowest BCUT2D eigenvalue weighted by atomic mass is 10.1. The van der Waals surface area contributed by atoms with E-state index in [1.165, 1.54) is 0 Å². The minimum atomic E-state index is -1.06. The van der Waals surface area contributed by atoms with Gasteiger partial charge in [0.05, 0.1) is 11.6 Å². The van der Waals surface area contributed by atoms with Crippen molar-refractivity contribution in [2.45, 2.75) is 26.7 Å². The van der Waals surface area contributed by atoms with Crippen molar-refractivity contribution >= 4 is 17.6 Å². The van der Waals surface area contributed by atoms with Crippen molar-refractivity contribution in [1.82, 2.24) is 0 Å². The standard InChI is InChI=1S/C12H15ClO3/c1-3-4-5-16-10-7-8(2)6-9(13)11(10)12(14)15/h6-7H,3-5H2,1-2H3,(H,14,15). The number of hydrogen-bond acceptors (Lipinski definition) is 2. The van der Waals surface area contributed by atoms with E-state index in [2.05, 4.69) is 0 Å². The average Bonchev–Trinajstić information content (AvgIpc) is 2.16. The Morgan fingerprint density at radius 1 is 1.50 bits per heavy atom. The topological polar surface area (TPSA) is 46.5 Å². The van der Waals surface area contributed by atoms with Crippen molar-refractivity contribution in [2.24, 2.45) is 0 Å². The first-order valence-electron chi connectivity index (χ1n) is 5.22. The minimum Gasteiger partial charge on any atom is -0.493 e. The largest absolute Gasteiger partial charge is 0.493 e. The first-order valence-corrected chi connectivity index (χ1v) is 5.60. The molecule has 0 aliphatic carbocycles. The molecule has 0 saturated carbocycles. The van der Waals surface area contributed by atoms with Crippen molar-refractivity contribution < 1.29 is 14.6 Å². The number of halogens is 1. The fraction of sp³-hybridized carbons (Fsp3) is 0.417. The third kappa shape index (κ3) is 3.14. The van der Waals surface area contributed by atoms with Gasteiger partial charge in [0.2, 0.25) is 0 Å². The van der Waals surface area contributed by atoms with Crippen LogP contribution in [-0.2, 0) is 0 Å². The molecule has 0 bridgehead atoms. The molecule has 0 atom stereocenters. The van der Waals surface area contributed by atoms with Gasteiger partial charge in [-0.05, 0) is 31.0 Å².